The lowest BCUT2D eigenvalue weighted by molar-refractivity contribution is -0.384. The summed E-state index contributed by atoms with van der Waals surface area (Å²) in [5, 5.41) is 14.0. The number of amides is 2. The Morgan fingerprint density at radius 1 is 1.44 bits per heavy atom. The first-order valence-corrected chi connectivity index (χ1v) is 8.82. The first-order valence-electron chi connectivity index (χ1n) is 8.45. The molecule has 0 saturated carbocycles. The molecule has 1 aromatic carbocycles. The Morgan fingerprint density at radius 2 is 2.20 bits per heavy atom. The fourth-order valence-corrected chi connectivity index (χ4v) is 3.07. The summed E-state index contributed by atoms with van der Waals surface area (Å²) in [4.78, 5) is 36.8. The van der Waals surface area contributed by atoms with E-state index in [2.05, 4.69) is 12.2 Å². The Labute approximate surface area is 151 Å². The Hall–Kier alpha value is -2.15. The highest BCUT2D eigenvalue weighted by Crippen LogP contribution is 2.26. The number of piperidine rings is 1. The first-order chi connectivity index (χ1) is 11.9. The van der Waals surface area contributed by atoms with Crippen molar-refractivity contribution < 1.29 is 14.5 Å². The summed E-state index contributed by atoms with van der Waals surface area (Å²) in [5.41, 5.74) is -0.0819. The molecule has 136 valence electrons. The average Bonchev–Trinajstić information content (AvgIpc) is 2.61. The lowest BCUT2D eigenvalue weighted by Gasteiger charge is -2.32. The number of benzene rings is 1. The van der Waals surface area contributed by atoms with Crippen LogP contribution >= 0.6 is 11.6 Å². The molecule has 1 unspecified atom stereocenters. The van der Waals surface area contributed by atoms with E-state index in [9.17, 15) is 19.7 Å². The van der Waals surface area contributed by atoms with E-state index in [1.54, 1.807) is 4.90 Å². The maximum atomic E-state index is 12.7. The molecule has 1 heterocycles. The van der Waals surface area contributed by atoms with E-state index in [1.165, 1.54) is 18.2 Å². The molecule has 1 N–H and O–H groups in total. The molecular formula is C17H22ClN3O4. The second-order valence-corrected chi connectivity index (χ2v) is 6.56. The fourth-order valence-electron chi connectivity index (χ4n) is 2.87. The topological polar surface area (TPSA) is 92.6 Å². The van der Waals surface area contributed by atoms with Crippen molar-refractivity contribution in [3.05, 3.63) is 38.9 Å². The van der Waals surface area contributed by atoms with Gasteiger partial charge in [-0.3, -0.25) is 19.7 Å². The number of nitro groups is 1. The van der Waals surface area contributed by atoms with Gasteiger partial charge in [0.25, 0.3) is 11.6 Å². The largest absolute Gasteiger partial charge is 0.356 e. The highest BCUT2D eigenvalue weighted by molar-refractivity contribution is 6.33. The number of unbranched alkanes of at least 4 members (excludes halogenated alkanes) is 1. The first kappa shape index (κ1) is 19.2. The van der Waals surface area contributed by atoms with Gasteiger partial charge in [0.15, 0.2) is 0 Å². The van der Waals surface area contributed by atoms with Gasteiger partial charge < -0.3 is 10.2 Å². The Kier molecular flexibility index (Phi) is 6.75. The molecule has 2 rings (SSSR count). The maximum absolute atomic E-state index is 12.7. The number of halogens is 1. The van der Waals surface area contributed by atoms with E-state index in [4.69, 9.17) is 11.6 Å². The summed E-state index contributed by atoms with van der Waals surface area (Å²) in [6.07, 6.45) is 3.36. The molecule has 1 aliphatic heterocycles. The molecule has 1 saturated heterocycles. The molecule has 0 radical (unpaired) electrons. The van der Waals surface area contributed by atoms with Crippen LogP contribution < -0.4 is 5.32 Å². The van der Waals surface area contributed by atoms with E-state index < -0.39 is 4.92 Å². The monoisotopic (exact) mass is 367 g/mol. The van der Waals surface area contributed by atoms with E-state index >= 15 is 0 Å². The highest BCUT2D eigenvalue weighted by atomic mass is 35.5. The van der Waals surface area contributed by atoms with Crippen LogP contribution in [0.4, 0.5) is 5.69 Å². The third kappa shape index (κ3) is 4.92. The lowest BCUT2D eigenvalue weighted by Crippen LogP contribution is -2.45. The van der Waals surface area contributed by atoms with Gasteiger partial charge >= 0.3 is 0 Å². The number of non-ortho nitro benzene ring substituents is 1. The Bertz CT molecular complexity index is 665. The molecule has 1 atom stereocenters. The van der Waals surface area contributed by atoms with Crippen molar-refractivity contribution in [3.63, 3.8) is 0 Å². The molecule has 25 heavy (non-hydrogen) atoms. The lowest BCUT2D eigenvalue weighted by atomic mass is 9.96. The van der Waals surface area contributed by atoms with Gasteiger partial charge in [0.2, 0.25) is 5.91 Å². The summed E-state index contributed by atoms with van der Waals surface area (Å²) >= 11 is 6.05. The van der Waals surface area contributed by atoms with Crippen molar-refractivity contribution in [2.24, 2.45) is 5.92 Å². The standard InChI is InChI=1S/C17H22ClN3O4/c1-2-3-8-19-16(22)12-5-4-9-20(11-12)17(23)14-10-13(21(24)25)6-7-15(14)18/h6-7,10,12H,2-5,8-9,11H2,1H3,(H,19,22). The summed E-state index contributed by atoms with van der Waals surface area (Å²) in [7, 11) is 0. The summed E-state index contributed by atoms with van der Waals surface area (Å²) in [5.74, 6) is -0.678. The second kappa shape index (κ2) is 8.80. The molecule has 0 spiro atoms. The molecule has 0 aliphatic carbocycles. The summed E-state index contributed by atoms with van der Waals surface area (Å²) < 4.78 is 0. The normalized spacial score (nSPS) is 17.2. The zero-order valence-electron chi connectivity index (χ0n) is 14.2. The van der Waals surface area contributed by atoms with Crippen molar-refractivity contribution in [2.75, 3.05) is 19.6 Å². The molecule has 0 aromatic heterocycles. The molecular weight excluding hydrogens is 346 g/mol. The van der Waals surface area contributed by atoms with Crippen LogP contribution in [0.3, 0.4) is 0 Å². The van der Waals surface area contributed by atoms with Crippen LogP contribution in [0.5, 0.6) is 0 Å². The Morgan fingerprint density at radius 3 is 2.88 bits per heavy atom. The van der Waals surface area contributed by atoms with Crippen LogP contribution in [0.25, 0.3) is 0 Å². The van der Waals surface area contributed by atoms with E-state index in [0.29, 0.717) is 26.1 Å². The van der Waals surface area contributed by atoms with E-state index in [0.717, 1.165) is 19.3 Å². The van der Waals surface area contributed by atoms with Crippen LogP contribution in [0, 0.1) is 16.0 Å². The number of nitrogens with zero attached hydrogens (tertiary/aromatic N) is 2. The third-order valence-corrected chi connectivity index (χ3v) is 4.63. The Balaban J connectivity index is 2.08. The van der Waals surface area contributed by atoms with Gasteiger partial charge in [0, 0.05) is 31.8 Å². The number of hydrogen-bond donors (Lipinski definition) is 1. The van der Waals surface area contributed by atoms with Gasteiger partial charge in [-0.05, 0) is 25.3 Å². The van der Waals surface area contributed by atoms with E-state index in [1.807, 2.05) is 0 Å². The second-order valence-electron chi connectivity index (χ2n) is 6.16. The predicted molar refractivity (Wildman–Crippen MR) is 94.7 cm³/mol. The molecule has 1 aliphatic rings. The average molecular weight is 368 g/mol. The minimum absolute atomic E-state index is 0.0453. The van der Waals surface area contributed by atoms with Gasteiger partial charge in [-0.2, -0.15) is 0 Å². The zero-order chi connectivity index (χ0) is 18.4. The van der Waals surface area contributed by atoms with Crippen molar-refractivity contribution in [1.29, 1.82) is 0 Å². The van der Waals surface area contributed by atoms with Gasteiger partial charge in [0.1, 0.15) is 0 Å². The number of hydrogen-bond acceptors (Lipinski definition) is 4. The number of likely N-dealkylation sites (tertiary alicyclic amines) is 1. The van der Waals surface area contributed by atoms with Crippen LogP contribution in [0.2, 0.25) is 5.02 Å². The highest BCUT2D eigenvalue weighted by Gasteiger charge is 2.30. The number of nitrogens with one attached hydrogen (secondary N) is 1. The van der Waals surface area contributed by atoms with Crippen molar-refractivity contribution >= 4 is 29.1 Å². The molecule has 1 aromatic rings. The number of carbonyl (C=O) groups excluding carboxylic acids is 2. The zero-order valence-corrected chi connectivity index (χ0v) is 14.9. The number of nitro benzene ring substituents is 1. The molecule has 2 amide bonds. The molecule has 7 nitrogen and oxygen atoms in total. The summed E-state index contributed by atoms with van der Waals surface area (Å²) in [6.45, 7) is 3.50. The SMILES string of the molecule is CCCCNC(=O)C1CCCN(C(=O)c2cc([N+](=O)[O-])ccc2Cl)C1. The quantitative estimate of drug-likeness (QED) is 0.475. The smallest absolute Gasteiger partial charge is 0.270 e. The fraction of sp³-hybridized carbons (Fsp3) is 0.529. The summed E-state index contributed by atoms with van der Waals surface area (Å²) in [6, 6.07) is 3.81. The minimum atomic E-state index is -0.562. The molecule has 8 heteroatoms. The van der Waals surface area contributed by atoms with Crippen molar-refractivity contribution in [1.82, 2.24) is 10.2 Å². The van der Waals surface area contributed by atoms with Crippen molar-refractivity contribution in [2.45, 2.75) is 32.6 Å². The third-order valence-electron chi connectivity index (χ3n) is 4.30. The predicted octanol–water partition coefficient (Wildman–Crippen LogP) is 3.02. The molecule has 0 bridgehead atoms. The van der Waals surface area contributed by atoms with Gasteiger partial charge in [0.05, 0.1) is 21.4 Å². The van der Waals surface area contributed by atoms with Crippen molar-refractivity contribution in [3.8, 4) is 0 Å². The maximum Gasteiger partial charge on any atom is 0.270 e. The number of carbonyl (C=O) groups is 2. The molecule has 1 fully saturated rings. The van der Waals surface area contributed by atoms with Gasteiger partial charge in [-0.1, -0.05) is 24.9 Å². The number of rotatable bonds is 6. The van der Waals surface area contributed by atoms with Gasteiger partial charge in [-0.15, -0.1) is 0 Å². The van der Waals surface area contributed by atoms with Crippen LogP contribution in [-0.2, 0) is 4.79 Å². The minimum Gasteiger partial charge on any atom is -0.356 e. The van der Waals surface area contributed by atoms with Crippen LogP contribution in [0.1, 0.15) is 43.0 Å². The van der Waals surface area contributed by atoms with Crippen LogP contribution in [-0.4, -0.2) is 41.3 Å². The van der Waals surface area contributed by atoms with Gasteiger partial charge in [-0.25, -0.2) is 0 Å². The van der Waals surface area contributed by atoms with E-state index in [-0.39, 0.29) is 34.0 Å². The van der Waals surface area contributed by atoms with Crippen LogP contribution in [0.15, 0.2) is 18.2 Å².